The molecule has 1 rings (SSSR count). The standard InChI is InChI=1S/C14H23N5O.HI/c1-2-3-4-5-9-17-14(15)18-11-13(20)19-12-7-6-8-16-10-12;/h6-8,10H,2-5,9,11H2,1H3,(H,19,20)(H3,15,17,18);1H. The van der Waals surface area contributed by atoms with Crippen molar-refractivity contribution in [1.29, 1.82) is 0 Å². The number of carbonyl (C=O) groups is 1. The van der Waals surface area contributed by atoms with Crippen LogP contribution in [-0.4, -0.2) is 29.9 Å². The van der Waals surface area contributed by atoms with Crippen LogP contribution in [0.25, 0.3) is 0 Å². The lowest BCUT2D eigenvalue weighted by Gasteiger charge is -2.05. The van der Waals surface area contributed by atoms with Crippen LogP contribution in [-0.2, 0) is 4.79 Å². The zero-order chi connectivity index (χ0) is 14.6. The Morgan fingerprint density at radius 3 is 2.86 bits per heavy atom. The van der Waals surface area contributed by atoms with Crippen molar-refractivity contribution in [3.8, 4) is 0 Å². The monoisotopic (exact) mass is 405 g/mol. The van der Waals surface area contributed by atoms with E-state index in [2.05, 4.69) is 27.5 Å². The Hall–Kier alpha value is -1.38. The lowest BCUT2D eigenvalue weighted by Crippen LogP contribution is -2.33. The highest BCUT2D eigenvalue weighted by Gasteiger charge is 2.01. The molecule has 0 aromatic carbocycles. The summed E-state index contributed by atoms with van der Waals surface area (Å²) >= 11 is 0. The van der Waals surface area contributed by atoms with Crippen LogP contribution in [0.4, 0.5) is 5.69 Å². The topological polar surface area (TPSA) is 92.4 Å². The van der Waals surface area contributed by atoms with Crippen molar-refractivity contribution in [2.45, 2.75) is 32.6 Å². The Kier molecular flexibility index (Phi) is 11.6. The maximum atomic E-state index is 11.6. The maximum absolute atomic E-state index is 11.6. The molecule has 0 bridgehead atoms. The second kappa shape index (κ2) is 12.4. The molecule has 6 nitrogen and oxygen atoms in total. The van der Waals surface area contributed by atoms with Gasteiger partial charge < -0.3 is 16.4 Å². The summed E-state index contributed by atoms with van der Waals surface area (Å²) in [6.07, 6.45) is 7.90. The molecule has 0 spiro atoms. The van der Waals surface area contributed by atoms with Gasteiger partial charge in [0.25, 0.3) is 0 Å². The number of hydrogen-bond donors (Lipinski definition) is 3. The fraction of sp³-hybridized carbons (Fsp3) is 0.500. The number of rotatable bonds is 8. The molecule has 0 aliphatic carbocycles. The predicted octanol–water partition coefficient (Wildman–Crippen LogP) is 2.12. The summed E-state index contributed by atoms with van der Waals surface area (Å²) in [7, 11) is 0. The summed E-state index contributed by atoms with van der Waals surface area (Å²) in [4.78, 5) is 19.5. The molecule has 7 heteroatoms. The van der Waals surface area contributed by atoms with E-state index in [0.717, 1.165) is 13.0 Å². The normalized spacial score (nSPS) is 10.6. The van der Waals surface area contributed by atoms with Crippen LogP contribution in [0.15, 0.2) is 29.5 Å². The SMILES string of the molecule is CCCCCCNC(N)=NCC(=O)Nc1cccnc1.I. The molecule has 1 amide bonds. The minimum atomic E-state index is -0.214. The van der Waals surface area contributed by atoms with Crippen LogP contribution in [0.3, 0.4) is 0 Å². The molecule has 0 aliphatic rings. The Morgan fingerprint density at radius 1 is 1.38 bits per heavy atom. The first-order chi connectivity index (χ1) is 9.72. The van der Waals surface area contributed by atoms with Crippen LogP contribution in [0.2, 0.25) is 0 Å². The lowest BCUT2D eigenvalue weighted by molar-refractivity contribution is -0.114. The zero-order valence-electron chi connectivity index (χ0n) is 12.3. The Balaban J connectivity index is 0.00000400. The number of aliphatic imine (C=N–C) groups is 1. The van der Waals surface area contributed by atoms with Crippen LogP contribution < -0.4 is 16.4 Å². The second-order valence-electron chi connectivity index (χ2n) is 4.48. The number of hydrogen-bond acceptors (Lipinski definition) is 3. The van der Waals surface area contributed by atoms with Gasteiger partial charge in [-0.2, -0.15) is 0 Å². The number of pyridine rings is 1. The summed E-state index contributed by atoms with van der Waals surface area (Å²) < 4.78 is 0. The minimum Gasteiger partial charge on any atom is -0.370 e. The molecule has 0 saturated heterocycles. The Morgan fingerprint density at radius 2 is 2.19 bits per heavy atom. The smallest absolute Gasteiger partial charge is 0.246 e. The van der Waals surface area contributed by atoms with Gasteiger partial charge in [0.2, 0.25) is 5.91 Å². The van der Waals surface area contributed by atoms with Crippen molar-refractivity contribution in [3.63, 3.8) is 0 Å². The molecule has 1 heterocycles. The number of guanidine groups is 1. The summed E-state index contributed by atoms with van der Waals surface area (Å²) in [5.41, 5.74) is 6.33. The van der Waals surface area contributed by atoms with E-state index in [4.69, 9.17) is 5.73 Å². The first kappa shape index (κ1) is 19.6. The average Bonchev–Trinajstić information content (AvgIpc) is 2.46. The van der Waals surface area contributed by atoms with Gasteiger partial charge in [0, 0.05) is 12.7 Å². The van der Waals surface area contributed by atoms with Gasteiger partial charge in [-0.1, -0.05) is 26.2 Å². The number of aromatic nitrogens is 1. The van der Waals surface area contributed by atoms with Crippen molar-refractivity contribution >= 4 is 41.5 Å². The van der Waals surface area contributed by atoms with E-state index in [-0.39, 0.29) is 36.4 Å². The zero-order valence-corrected chi connectivity index (χ0v) is 14.7. The summed E-state index contributed by atoms with van der Waals surface area (Å²) in [6.45, 7) is 2.96. The minimum absolute atomic E-state index is 0. The van der Waals surface area contributed by atoms with E-state index in [0.29, 0.717) is 11.6 Å². The molecular weight excluding hydrogens is 381 g/mol. The molecule has 21 heavy (non-hydrogen) atoms. The van der Waals surface area contributed by atoms with E-state index in [1.54, 1.807) is 24.5 Å². The van der Waals surface area contributed by atoms with Crippen molar-refractivity contribution in [1.82, 2.24) is 10.3 Å². The molecule has 0 fully saturated rings. The molecule has 0 radical (unpaired) electrons. The number of amides is 1. The van der Waals surface area contributed by atoms with E-state index in [1.165, 1.54) is 19.3 Å². The van der Waals surface area contributed by atoms with Crippen LogP contribution in [0, 0.1) is 0 Å². The number of anilines is 1. The van der Waals surface area contributed by atoms with Crippen molar-refractivity contribution in [2.75, 3.05) is 18.4 Å². The third-order valence-corrected chi connectivity index (χ3v) is 2.67. The highest BCUT2D eigenvalue weighted by Crippen LogP contribution is 2.01. The average molecular weight is 405 g/mol. The number of unbranched alkanes of at least 4 members (excludes halogenated alkanes) is 3. The lowest BCUT2D eigenvalue weighted by atomic mass is 10.2. The number of halogens is 1. The van der Waals surface area contributed by atoms with Gasteiger partial charge in [-0.05, 0) is 18.6 Å². The fourth-order valence-corrected chi connectivity index (χ4v) is 1.62. The molecule has 1 aromatic rings. The fourth-order valence-electron chi connectivity index (χ4n) is 1.62. The van der Waals surface area contributed by atoms with Crippen LogP contribution in [0.5, 0.6) is 0 Å². The molecule has 0 aliphatic heterocycles. The predicted molar refractivity (Wildman–Crippen MR) is 96.9 cm³/mol. The largest absolute Gasteiger partial charge is 0.370 e. The van der Waals surface area contributed by atoms with E-state index >= 15 is 0 Å². The van der Waals surface area contributed by atoms with Crippen molar-refractivity contribution in [3.05, 3.63) is 24.5 Å². The molecule has 1 aromatic heterocycles. The Labute approximate surface area is 143 Å². The first-order valence-corrected chi connectivity index (χ1v) is 6.96. The summed E-state index contributed by atoms with van der Waals surface area (Å²) in [5.74, 6) is 0.0940. The van der Waals surface area contributed by atoms with Gasteiger partial charge in [-0.3, -0.25) is 9.78 Å². The van der Waals surface area contributed by atoms with E-state index in [1.807, 2.05) is 0 Å². The van der Waals surface area contributed by atoms with Gasteiger partial charge in [-0.15, -0.1) is 24.0 Å². The Bertz CT molecular complexity index is 425. The molecule has 0 saturated carbocycles. The van der Waals surface area contributed by atoms with Crippen LogP contribution in [0.1, 0.15) is 32.6 Å². The molecular formula is C14H24IN5O. The van der Waals surface area contributed by atoms with Gasteiger partial charge in [0.05, 0.1) is 11.9 Å². The number of nitrogens with zero attached hydrogens (tertiary/aromatic N) is 2. The van der Waals surface area contributed by atoms with Gasteiger partial charge >= 0.3 is 0 Å². The van der Waals surface area contributed by atoms with Gasteiger partial charge in [0.1, 0.15) is 6.54 Å². The second-order valence-corrected chi connectivity index (χ2v) is 4.48. The quantitative estimate of drug-likeness (QED) is 0.267. The first-order valence-electron chi connectivity index (χ1n) is 6.96. The molecule has 0 atom stereocenters. The molecule has 118 valence electrons. The number of nitrogens with two attached hydrogens (primary N) is 1. The number of nitrogens with one attached hydrogen (secondary N) is 2. The van der Waals surface area contributed by atoms with E-state index < -0.39 is 0 Å². The van der Waals surface area contributed by atoms with Gasteiger partial charge in [0.15, 0.2) is 5.96 Å². The highest BCUT2D eigenvalue weighted by atomic mass is 127. The highest BCUT2D eigenvalue weighted by molar-refractivity contribution is 14.0. The van der Waals surface area contributed by atoms with Crippen molar-refractivity contribution < 1.29 is 4.79 Å². The number of carbonyl (C=O) groups excluding carboxylic acids is 1. The van der Waals surface area contributed by atoms with E-state index in [9.17, 15) is 4.79 Å². The molecule has 0 unspecified atom stereocenters. The van der Waals surface area contributed by atoms with Gasteiger partial charge in [-0.25, -0.2) is 4.99 Å². The summed E-state index contributed by atoms with van der Waals surface area (Å²) in [6, 6.07) is 3.52. The summed E-state index contributed by atoms with van der Waals surface area (Å²) in [5, 5.41) is 5.69. The maximum Gasteiger partial charge on any atom is 0.246 e. The van der Waals surface area contributed by atoms with Crippen LogP contribution >= 0.6 is 24.0 Å². The third-order valence-electron chi connectivity index (χ3n) is 2.67. The third kappa shape index (κ3) is 10.1. The van der Waals surface area contributed by atoms with Crippen molar-refractivity contribution in [2.24, 2.45) is 10.7 Å². The molecule has 4 N–H and O–H groups in total.